The molecule has 9 heteroatoms. The van der Waals surface area contributed by atoms with Crippen molar-refractivity contribution in [1.82, 2.24) is 20.4 Å². The average molecular weight is 367 g/mol. The number of fused-ring (bicyclic) bond motifs is 1. The number of carbonyl (C=O) groups excluding carboxylic acids is 2. The van der Waals surface area contributed by atoms with Crippen LogP contribution in [-0.2, 0) is 22.6 Å². The Hall–Kier alpha value is -3.75. The SMILES string of the molecule is Cc1nc2ccccc2n1CC(=O)NNC(=O)Cc1ccc([N+](=O)[O-])cc1. The fourth-order valence-corrected chi connectivity index (χ4v) is 2.68. The molecule has 2 aromatic carbocycles. The van der Waals surface area contributed by atoms with Gasteiger partial charge >= 0.3 is 0 Å². The first kappa shape index (κ1) is 18.1. The molecule has 0 aliphatic carbocycles. The summed E-state index contributed by atoms with van der Waals surface area (Å²) in [5.41, 5.74) is 6.90. The first-order valence-corrected chi connectivity index (χ1v) is 8.17. The molecule has 138 valence electrons. The van der Waals surface area contributed by atoms with E-state index in [1.807, 2.05) is 24.3 Å². The molecule has 3 aromatic rings. The van der Waals surface area contributed by atoms with E-state index in [0.29, 0.717) is 11.4 Å². The minimum Gasteiger partial charge on any atom is -0.319 e. The first-order valence-electron chi connectivity index (χ1n) is 8.17. The second kappa shape index (κ2) is 7.65. The van der Waals surface area contributed by atoms with Crippen molar-refractivity contribution in [3.8, 4) is 0 Å². The van der Waals surface area contributed by atoms with E-state index in [1.54, 1.807) is 11.5 Å². The van der Waals surface area contributed by atoms with Crippen molar-refractivity contribution >= 4 is 28.5 Å². The monoisotopic (exact) mass is 367 g/mol. The van der Waals surface area contributed by atoms with E-state index >= 15 is 0 Å². The molecule has 0 aliphatic heterocycles. The van der Waals surface area contributed by atoms with Crippen LogP contribution in [0.2, 0.25) is 0 Å². The quantitative estimate of drug-likeness (QED) is 0.525. The van der Waals surface area contributed by atoms with Crippen LogP contribution in [0, 0.1) is 17.0 Å². The highest BCUT2D eigenvalue weighted by Gasteiger charge is 2.12. The molecule has 0 spiro atoms. The van der Waals surface area contributed by atoms with Crippen molar-refractivity contribution in [3.63, 3.8) is 0 Å². The Morgan fingerprint density at radius 1 is 1.07 bits per heavy atom. The van der Waals surface area contributed by atoms with Gasteiger partial charge in [0.1, 0.15) is 12.4 Å². The van der Waals surface area contributed by atoms with E-state index in [0.717, 1.165) is 11.0 Å². The highest BCUT2D eigenvalue weighted by molar-refractivity contribution is 5.84. The fourth-order valence-electron chi connectivity index (χ4n) is 2.68. The van der Waals surface area contributed by atoms with E-state index < -0.39 is 16.7 Å². The van der Waals surface area contributed by atoms with Gasteiger partial charge in [-0.1, -0.05) is 24.3 Å². The molecule has 2 N–H and O–H groups in total. The van der Waals surface area contributed by atoms with Crippen LogP contribution < -0.4 is 10.9 Å². The fraction of sp³-hybridized carbons (Fsp3) is 0.167. The van der Waals surface area contributed by atoms with Gasteiger partial charge in [-0.15, -0.1) is 0 Å². The lowest BCUT2D eigenvalue weighted by Gasteiger charge is -2.09. The maximum atomic E-state index is 12.1. The van der Waals surface area contributed by atoms with Crippen molar-refractivity contribution < 1.29 is 14.5 Å². The number of hydrogen-bond acceptors (Lipinski definition) is 5. The highest BCUT2D eigenvalue weighted by atomic mass is 16.6. The van der Waals surface area contributed by atoms with E-state index in [9.17, 15) is 19.7 Å². The third kappa shape index (κ3) is 4.27. The molecule has 1 aromatic heterocycles. The van der Waals surface area contributed by atoms with E-state index in [2.05, 4.69) is 15.8 Å². The number of para-hydroxylation sites is 2. The largest absolute Gasteiger partial charge is 0.319 e. The van der Waals surface area contributed by atoms with Crippen LogP contribution in [0.3, 0.4) is 0 Å². The van der Waals surface area contributed by atoms with Crippen LogP contribution >= 0.6 is 0 Å². The maximum Gasteiger partial charge on any atom is 0.269 e. The summed E-state index contributed by atoms with van der Waals surface area (Å²) in [4.78, 5) is 38.6. The molecule has 0 fully saturated rings. The van der Waals surface area contributed by atoms with E-state index in [1.165, 1.54) is 24.3 Å². The lowest BCUT2D eigenvalue weighted by atomic mass is 10.1. The van der Waals surface area contributed by atoms with Gasteiger partial charge in [0.25, 0.3) is 11.6 Å². The molecule has 3 rings (SSSR count). The number of non-ortho nitro benzene ring substituents is 1. The Morgan fingerprint density at radius 3 is 2.44 bits per heavy atom. The summed E-state index contributed by atoms with van der Waals surface area (Å²) in [6.45, 7) is 1.82. The molecule has 9 nitrogen and oxygen atoms in total. The van der Waals surface area contributed by atoms with Gasteiger partial charge in [-0.05, 0) is 24.6 Å². The van der Waals surface area contributed by atoms with E-state index in [4.69, 9.17) is 0 Å². The molecule has 0 unspecified atom stereocenters. The van der Waals surface area contributed by atoms with Gasteiger partial charge in [0, 0.05) is 12.1 Å². The number of imidazole rings is 1. The number of amides is 2. The van der Waals surface area contributed by atoms with E-state index in [-0.39, 0.29) is 18.7 Å². The van der Waals surface area contributed by atoms with Crippen LogP contribution in [0.15, 0.2) is 48.5 Å². The first-order chi connectivity index (χ1) is 12.9. The smallest absolute Gasteiger partial charge is 0.269 e. The number of aryl methyl sites for hydroxylation is 1. The third-order valence-corrected chi connectivity index (χ3v) is 4.00. The van der Waals surface area contributed by atoms with Gasteiger partial charge in [0.2, 0.25) is 5.91 Å². The van der Waals surface area contributed by atoms with Crippen LogP contribution in [-0.4, -0.2) is 26.3 Å². The number of nitrogens with zero attached hydrogens (tertiary/aromatic N) is 3. The summed E-state index contributed by atoms with van der Waals surface area (Å²) in [6, 6.07) is 13.1. The third-order valence-electron chi connectivity index (χ3n) is 4.00. The minimum absolute atomic E-state index is 0.00862. The Bertz CT molecular complexity index is 1010. The van der Waals surface area contributed by atoms with Crippen molar-refractivity contribution in [2.45, 2.75) is 19.9 Å². The van der Waals surface area contributed by atoms with Gasteiger partial charge in [-0.2, -0.15) is 0 Å². The molecule has 0 saturated carbocycles. The zero-order chi connectivity index (χ0) is 19.4. The van der Waals surface area contributed by atoms with Crippen LogP contribution in [0.4, 0.5) is 5.69 Å². The zero-order valence-corrected chi connectivity index (χ0v) is 14.5. The summed E-state index contributed by atoms with van der Waals surface area (Å²) in [5, 5.41) is 10.6. The molecule has 0 aliphatic rings. The van der Waals surface area contributed by atoms with Crippen molar-refractivity contribution in [3.05, 3.63) is 70.0 Å². The number of nitrogens with one attached hydrogen (secondary N) is 2. The molecular weight excluding hydrogens is 350 g/mol. The maximum absolute atomic E-state index is 12.1. The van der Waals surface area contributed by atoms with Crippen LogP contribution in [0.1, 0.15) is 11.4 Å². The van der Waals surface area contributed by atoms with Gasteiger partial charge < -0.3 is 4.57 Å². The second-order valence-corrected chi connectivity index (χ2v) is 5.93. The van der Waals surface area contributed by atoms with Gasteiger partial charge in [-0.25, -0.2) is 4.98 Å². The molecule has 0 radical (unpaired) electrons. The minimum atomic E-state index is -0.508. The lowest BCUT2D eigenvalue weighted by Crippen LogP contribution is -2.43. The highest BCUT2D eigenvalue weighted by Crippen LogP contribution is 2.15. The Morgan fingerprint density at radius 2 is 1.74 bits per heavy atom. The Balaban J connectivity index is 1.54. The predicted molar refractivity (Wildman–Crippen MR) is 97.6 cm³/mol. The predicted octanol–water partition coefficient (Wildman–Crippen LogP) is 1.64. The molecule has 1 heterocycles. The van der Waals surface area contributed by atoms with Crippen LogP contribution in [0.25, 0.3) is 11.0 Å². The number of carbonyl (C=O) groups is 2. The number of hydrazine groups is 1. The Kier molecular flexibility index (Phi) is 5.11. The molecule has 0 atom stereocenters. The van der Waals surface area contributed by atoms with Gasteiger partial charge in [0.05, 0.1) is 22.4 Å². The standard InChI is InChI=1S/C18H17N5O4/c1-12-19-15-4-2-3-5-16(15)22(12)11-18(25)21-20-17(24)10-13-6-8-14(9-7-13)23(26)27/h2-9H,10-11H2,1H3,(H,20,24)(H,21,25). The average Bonchev–Trinajstić information content (AvgIpc) is 2.96. The number of benzene rings is 2. The molecule has 27 heavy (non-hydrogen) atoms. The summed E-state index contributed by atoms with van der Waals surface area (Å²) < 4.78 is 1.76. The lowest BCUT2D eigenvalue weighted by molar-refractivity contribution is -0.384. The summed E-state index contributed by atoms with van der Waals surface area (Å²) in [6.07, 6.45) is -0.00862. The van der Waals surface area contributed by atoms with Crippen LogP contribution in [0.5, 0.6) is 0 Å². The van der Waals surface area contributed by atoms with Crippen molar-refractivity contribution in [1.29, 1.82) is 0 Å². The zero-order valence-electron chi connectivity index (χ0n) is 14.5. The molecule has 0 saturated heterocycles. The molecular formula is C18H17N5O4. The molecule has 2 amide bonds. The Labute approximate surface area is 154 Å². The number of rotatable bonds is 5. The van der Waals surface area contributed by atoms with Crippen molar-refractivity contribution in [2.24, 2.45) is 0 Å². The number of aromatic nitrogens is 2. The van der Waals surface area contributed by atoms with Gasteiger partial charge in [-0.3, -0.25) is 30.6 Å². The summed E-state index contributed by atoms with van der Waals surface area (Å²) in [7, 11) is 0. The molecule has 0 bridgehead atoms. The second-order valence-electron chi connectivity index (χ2n) is 5.93. The van der Waals surface area contributed by atoms with Gasteiger partial charge in [0.15, 0.2) is 0 Å². The van der Waals surface area contributed by atoms with Crippen molar-refractivity contribution in [2.75, 3.05) is 0 Å². The summed E-state index contributed by atoms with van der Waals surface area (Å²) >= 11 is 0. The number of hydrogen-bond donors (Lipinski definition) is 2. The number of nitro benzene ring substituents is 1. The topological polar surface area (TPSA) is 119 Å². The normalized spacial score (nSPS) is 10.6. The number of nitro groups is 1. The summed E-state index contributed by atoms with van der Waals surface area (Å²) in [5.74, 6) is -0.119.